The van der Waals surface area contributed by atoms with Crippen LogP contribution in [0.3, 0.4) is 0 Å². The van der Waals surface area contributed by atoms with Gasteiger partial charge in [-0.05, 0) is 29.3 Å². The van der Waals surface area contributed by atoms with Gasteiger partial charge in [0.15, 0.2) is 5.76 Å². The molecule has 1 heterocycles. The molecule has 0 bridgehead atoms. The molecule has 0 aliphatic rings. The van der Waals surface area contributed by atoms with Gasteiger partial charge < -0.3 is 15.3 Å². The van der Waals surface area contributed by atoms with Crippen molar-refractivity contribution in [2.24, 2.45) is 0 Å². The zero-order valence-corrected chi connectivity index (χ0v) is 12.4. The van der Waals surface area contributed by atoms with Crippen molar-refractivity contribution in [3.8, 4) is 22.6 Å². The van der Waals surface area contributed by atoms with Crippen molar-refractivity contribution in [3.05, 3.63) is 69.8 Å². The largest absolute Gasteiger partial charge is 0.355 e. The van der Waals surface area contributed by atoms with Crippen LogP contribution in [0.25, 0.3) is 22.6 Å². The molecule has 0 saturated carbocycles. The average Bonchev–Trinajstić information content (AvgIpc) is 3.11. The highest BCUT2D eigenvalue weighted by molar-refractivity contribution is 5.84. The Hall–Kier alpha value is -3.61. The number of hydrogen-bond acceptors (Lipinski definition) is 6. The fourth-order valence-corrected chi connectivity index (χ4v) is 2.33. The van der Waals surface area contributed by atoms with Gasteiger partial charge in [0.1, 0.15) is 5.69 Å². The van der Waals surface area contributed by atoms with Gasteiger partial charge in [-0.25, -0.2) is 0 Å². The molecule has 2 aromatic carbocycles. The first kappa shape index (κ1) is 15.3. The molecule has 0 atom stereocenters. The summed E-state index contributed by atoms with van der Waals surface area (Å²) in [5.74, 6) is 0.251. The van der Waals surface area contributed by atoms with E-state index in [1.54, 1.807) is 24.3 Å². The second kappa shape index (κ2) is 6.25. The predicted molar refractivity (Wildman–Crippen MR) is 89.8 cm³/mol. The van der Waals surface area contributed by atoms with Crippen molar-refractivity contribution in [2.45, 2.75) is 0 Å². The lowest BCUT2D eigenvalue weighted by molar-refractivity contribution is -0.384. The predicted octanol–water partition coefficient (Wildman–Crippen LogP) is 3.91. The van der Waals surface area contributed by atoms with Crippen LogP contribution in [-0.2, 0) is 0 Å². The van der Waals surface area contributed by atoms with E-state index < -0.39 is 4.92 Å². The van der Waals surface area contributed by atoms with Crippen LogP contribution in [-0.4, -0.2) is 22.5 Å². The quantitative estimate of drug-likeness (QED) is 0.421. The van der Waals surface area contributed by atoms with E-state index in [9.17, 15) is 10.1 Å². The maximum absolute atomic E-state index is 11.2. The molecule has 0 aliphatic carbocycles. The van der Waals surface area contributed by atoms with Crippen LogP contribution in [0.1, 0.15) is 11.1 Å². The van der Waals surface area contributed by atoms with Crippen LogP contribution in [0.15, 0.2) is 53.1 Å². The van der Waals surface area contributed by atoms with Crippen molar-refractivity contribution >= 4 is 18.1 Å². The lowest BCUT2D eigenvalue weighted by atomic mass is 10.0. The number of benzene rings is 2. The van der Waals surface area contributed by atoms with Crippen LogP contribution < -0.4 is 0 Å². The molecular weight excluding hydrogens is 308 g/mol. The normalized spacial score (nSPS) is 10.3. The highest BCUT2D eigenvalue weighted by atomic mass is 16.6. The van der Waals surface area contributed by atoms with Gasteiger partial charge in [0.05, 0.1) is 10.5 Å². The summed E-state index contributed by atoms with van der Waals surface area (Å²) in [5, 5.41) is 29.8. The molecule has 0 spiro atoms. The topological polar surface area (TPSA) is 117 Å². The number of nitro groups is 1. The zero-order valence-electron chi connectivity index (χ0n) is 12.4. The van der Waals surface area contributed by atoms with Crippen LogP contribution in [0, 0.1) is 20.9 Å². The van der Waals surface area contributed by atoms with Crippen LogP contribution >= 0.6 is 0 Å². The van der Waals surface area contributed by atoms with Crippen molar-refractivity contribution in [1.82, 2.24) is 5.16 Å². The Kier molecular flexibility index (Phi) is 3.98. The van der Waals surface area contributed by atoms with Gasteiger partial charge in [0.25, 0.3) is 5.69 Å². The Balaban J connectivity index is 2.09. The highest BCUT2D eigenvalue weighted by Gasteiger charge is 2.20. The third-order valence-corrected chi connectivity index (χ3v) is 3.51. The van der Waals surface area contributed by atoms with E-state index in [1.165, 1.54) is 24.4 Å². The third-order valence-electron chi connectivity index (χ3n) is 3.51. The minimum absolute atomic E-state index is 0.114. The molecule has 2 N–H and O–H groups in total. The molecule has 0 radical (unpaired) electrons. The van der Waals surface area contributed by atoms with Crippen LogP contribution in [0.5, 0.6) is 0 Å². The summed E-state index contributed by atoms with van der Waals surface area (Å²) < 4.78 is 5.28. The van der Waals surface area contributed by atoms with Gasteiger partial charge in [-0.1, -0.05) is 23.4 Å². The maximum Gasteiger partial charge on any atom is 0.280 e. The van der Waals surface area contributed by atoms with Crippen LogP contribution in [0.4, 0.5) is 5.69 Å². The third kappa shape index (κ3) is 2.82. The van der Waals surface area contributed by atoms with E-state index in [4.69, 9.17) is 15.3 Å². The van der Waals surface area contributed by atoms with E-state index in [0.717, 1.165) is 11.8 Å². The number of hydrogen-bond donors (Lipinski definition) is 2. The molecule has 0 saturated heterocycles. The lowest BCUT2D eigenvalue weighted by Gasteiger charge is -2.00. The number of rotatable bonds is 5. The Morgan fingerprint density at radius 1 is 1.04 bits per heavy atom. The first-order chi connectivity index (χ1) is 11.6. The highest BCUT2D eigenvalue weighted by Crippen LogP contribution is 2.33. The Morgan fingerprint density at radius 2 is 1.79 bits per heavy atom. The monoisotopic (exact) mass is 320 g/mol. The number of nitrogens with zero attached hydrogens (tertiary/aromatic N) is 2. The SMILES string of the molecule is N=Cc1cccc(-c2cc(-c3cc(C=N)ccc3[N+](=O)[O-])on2)c1. The number of nitrogens with one attached hydrogen (secondary N) is 2. The van der Waals surface area contributed by atoms with Gasteiger partial charge in [-0.3, -0.25) is 10.1 Å². The molecule has 0 unspecified atom stereocenters. The van der Waals surface area contributed by atoms with Crippen molar-refractivity contribution in [3.63, 3.8) is 0 Å². The summed E-state index contributed by atoms with van der Waals surface area (Å²) in [6, 6.07) is 13.1. The summed E-state index contributed by atoms with van der Waals surface area (Å²) in [4.78, 5) is 10.7. The van der Waals surface area contributed by atoms with E-state index in [0.29, 0.717) is 16.8 Å². The second-order valence-corrected chi connectivity index (χ2v) is 5.02. The van der Waals surface area contributed by atoms with E-state index in [-0.39, 0.29) is 17.0 Å². The Labute approximate surface area is 136 Å². The minimum Gasteiger partial charge on any atom is -0.355 e. The average molecular weight is 320 g/mol. The Morgan fingerprint density at radius 3 is 2.50 bits per heavy atom. The van der Waals surface area contributed by atoms with Crippen molar-refractivity contribution in [2.75, 3.05) is 0 Å². The minimum atomic E-state index is -0.499. The van der Waals surface area contributed by atoms with Crippen molar-refractivity contribution < 1.29 is 9.45 Å². The number of aromatic nitrogens is 1. The van der Waals surface area contributed by atoms with Gasteiger partial charge in [0.2, 0.25) is 0 Å². The molecule has 0 amide bonds. The first-order valence-corrected chi connectivity index (χ1v) is 6.99. The number of nitro benzene ring substituents is 1. The van der Waals surface area contributed by atoms with Crippen LogP contribution in [0.2, 0.25) is 0 Å². The van der Waals surface area contributed by atoms with Crippen molar-refractivity contribution in [1.29, 1.82) is 10.8 Å². The molecule has 24 heavy (non-hydrogen) atoms. The molecule has 1 aromatic heterocycles. The van der Waals surface area contributed by atoms with Gasteiger partial charge >= 0.3 is 0 Å². The Bertz CT molecular complexity index is 947. The van der Waals surface area contributed by atoms with Gasteiger partial charge in [-0.2, -0.15) is 0 Å². The van der Waals surface area contributed by atoms with E-state index >= 15 is 0 Å². The van der Waals surface area contributed by atoms with Gasteiger partial charge in [0, 0.05) is 30.1 Å². The lowest BCUT2D eigenvalue weighted by Crippen LogP contribution is -1.93. The summed E-state index contributed by atoms with van der Waals surface area (Å²) in [6.07, 6.45) is 2.33. The molecule has 118 valence electrons. The standard InChI is InChI=1S/C17H12N4O3/c18-9-11-2-1-3-13(6-11)15-8-17(24-20-15)14-7-12(10-19)4-5-16(14)21(22)23/h1-10,18-19H. The van der Waals surface area contributed by atoms with E-state index in [1.807, 2.05) is 6.07 Å². The first-order valence-electron chi connectivity index (χ1n) is 6.99. The molecular formula is C17H12N4O3. The van der Waals surface area contributed by atoms with E-state index in [2.05, 4.69) is 5.16 Å². The fourth-order valence-electron chi connectivity index (χ4n) is 2.33. The summed E-state index contributed by atoms with van der Waals surface area (Å²) in [5.41, 5.74) is 2.66. The maximum atomic E-state index is 11.2. The smallest absolute Gasteiger partial charge is 0.280 e. The summed E-state index contributed by atoms with van der Waals surface area (Å²) in [6.45, 7) is 0. The zero-order chi connectivity index (χ0) is 17.1. The molecule has 0 aliphatic heterocycles. The molecule has 7 heteroatoms. The molecule has 7 nitrogen and oxygen atoms in total. The second-order valence-electron chi connectivity index (χ2n) is 5.02. The molecule has 0 fully saturated rings. The summed E-state index contributed by atoms with van der Waals surface area (Å²) >= 11 is 0. The molecule has 3 aromatic rings. The molecule has 3 rings (SSSR count). The fraction of sp³-hybridized carbons (Fsp3) is 0. The van der Waals surface area contributed by atoms with Gasteiger partial charge in [-0.15, -0.1) is 0 Å². The summed E-state index contributed by atoms with van der Waals surface area (Å²) in [7, 11) is 0.